The summed E-state index contributed by atoms with van der Waals surface area (Å²) in [5, 5.41) is 2.29. The first-order valence-corrected chi connectivity index (χ1v) is 15.1. The van der Waals surface area contributed by atoms with Crippen molar-refractivity contribution < 1.29 is 23.5 Å². The number of aryl methyl sites for hydroxylation is 1. The van der Waals surface area contributed by atoms with E-state index in [1.54, 1.807) is 12.1 Å². The Morgan fingerprint density at radius 3 is 2.73 bits per heavy atom. The van der Waals surface area contributed by atoms with E-state index in [1.807, 2.05) is 6.07 Å². The largest absolute Gasteiger partial charge is 0.486 e. The number of fused-ring (bicyclic) bond motifs is 2. The molecule has 220 valence electrons. The molecule has 3 heterocycles. The van der Waals surface area contributed by atoms with Crippen LogP contribution in [0, 0.1) is 5.92 Å². The lowest BCUT2D eigenvalue weighted by Gasteiger charge is -2.39. The smallest absolute Gasteiger partial charge is 0.252 e. The van der Waals surface area contributed by atoms with E-state index in [0.717, 1.165) is 86.3 Å². The van der Waals surface area contributed by atoms with Crippen molar-refractivity contribution in [3.63, 3.8) is 0 Å². The minimum Gasteiger partial charge on any atom is -0.486 e. The van der Waals surface area contributed by atoms with Crippen molar-refractivity contribution in [2.75, 3.05) is 60.0 Å². The first kappa shape index (κ1) is 29.1. The van der Waals surface area contributed by atoms with E-state index in [1.165, 1.54) is 5.39 Å². The van der Waals surface area contributed by atoms with E-state index in [0.29, 0.717) is 36.2 Å². The van der Waals surface area contributed by atoms with Crippen LogP contribution < -0.4 is 19.9 Å². The van der Waals surface area contributed by atoms with Gasteiger partial charge in [0.1, 0.15) is 25.9 Å². The first-order chi connectivity index (χ1) is 19.8. The Kier molecular flexibility index (Phi) is 9.30. The number of para-hydroxylation sites is 1. The van der Waals surface area contributed by atoms with Crippen LogP contribution in [0.2, 0.25) is 0 Å². The summed E-state index contributed by atoms with van der Waals surface area (Å²) in [7, 11) is 4.61. The van der Waals surface area contributed by atoms with Gasteiger partial charge in [-0.15, -0.1) is 0 Å². The second-order valence-corrected chi connectivity index (χ2v) is 12.2. The highest BCUT2D eigenvalue weighted by Crippen LogP contribution is 2.35. The number of primary amides is 1. The summed E-state index contributed by atoms with van der Waals surface area (Å²) < 4.78 is 19.3. The maximum absolute atomic E-state index is 11.8. The number of carbonyl (C=O) groups excluding carboxylic acids is 1. The van der Waals surface area contributed by atoms with Crippen LogP contribution in [0.3, 0.4) is 0 Å². The van der Waals surface area contributed by atoms with Gasteiger partial charge in [0.05, 0.1) is 26.2 Å². The fraction of sp³-hybridized carbons (Fsp3) is 0.515. The van der Waals surface area contributed by atoms with Crippen LogP contribution >= 0.6 is 0 Å². The number of hydrogen-bond donors (Lipinski definition) is 1. The Labute approximate surface area is 244 Å². The molecule has 1 saturated heterocycles. The number of aromatic nitrogens is 1. The SMILES string of the molecule is CCCCc1cc2ccccc2c(OCC[N+](C)(C)CC2CCN(CC3COc4cccc(C(N)=O)c4O3)CC2)n1. The Morgan fingerprint density at radius 1 is 1.15 bits per heavy atom. The van der Waals surface area contributed by atoms with Crippen LogP contribution in [0.5, 0.6) is 17.4 Å². The summed E-state index contributed by atoms with van der Waals surface area (Å²) in [4.78, 5) is 19.2. The predicted octanol–water partition coefficient (Wildman–Crippen LogP) is 4.68. The highest BCUT2D eigenvalue weighted by Gasteiger charge is 2.30. The highest BCUT2D eigenvalue weighted by atomic mass is 16.6. The van der Waals surface area contributed by atoms with Gasteiger partial charge >= 0.3 is 0 Å². The average molecular weight is 562 g/mol. The standard InChI is InChI=1S/C33H44N4O4/c1-4-5-10-26-20-25-9-6-7-11-28(25)33(35-26)39-19-18-37(2,3)22-24-14-16-36(17-15-24)21-27-23-40-30-13-8-12-29(32(34)38)31(30)41-27/h6-9,11-13,20,24,27H,4-5,10,14-19,21-23H2,1-3H3,(H-,34,38)/p+1. The van der Waals surface area contributed by atoms with Gasteiger partial charge in [0, 0.05) is 23.5 Å². The van der Waals surface area contributed by atoms with Crippen molar-refractivity contribution in [3.8, 4) is 17.4 Å². The van der Waals surface area contributed by atoms with Gasteiger partial charge in [-0.25, -0.2) is 4.98 Å². The van der Waals surface area contributed by atoms with Crippen LogP contribution in [-0.4, -0.2) is 86.4 Å². The highest BCUT2D eigenvalue weighted by molar-refractivity contribution is 5.96. The number of pyridine rings is 1. The van der Waals surface area contributed by atoms with Gasteiger partial charge in [-0.05, 0) is 68.4 Å². The third-order valence-corrected chi connectivity index (χ3v) is 8.36. The van der Waals surface area contributed by atoms with Crippen LogP contribution in [-0.2, 0) is 6.42 Å². The third-order valence-electron chi connectivity index (χ3n) is 8.36. The van der Waals surface area contributed by atoms with Gasteiger partial charge in [0.2, 0.25) is 5.88 Å². The molecular weight excluding hydrogens is 516 g/mol. The lowest BCUT2D eigenvalue weighted by Crippen LogP contribution is -2.49. The molecule has 0 radical (unpaired) electrons. The number of benzene rings is 2. The molecule has 2 aromatic carbocycles. The molecule has 0 spiro atoms. The lowest BCUT2D eigenvalue weighted by atomic mass is 9.95. The summed E-state index contributed by atoms with van der Waals surface area (Å²) in [6, 6.07) is 15.9. The number of rotatable bonds is 12. The molecule has 0 saturated carbocycles. The number of ether oxygens (including phenoxy) is 3. The van der Waals surface area contributed by atoms with Gasteiger partial charge < -0.3 is 24.4 Å². The van der Waals surface area contributed by atoms with Crippen LogP contribution in [0.4, 0.5) is 0 Å². The fourth-order valence-electron chi connectivity index (χ4n) is 6.05. The monoisotopic (exact) mass is 561 g/mol. The summed E-state index contributed by atoms with van der Waals surface area (Å²) >= 11 is 0. The second kappa shape index (κ2) is 13.1. The van der Waals surface area contributed by atoms with Gasteiger partial charge in [-0.3, -0.25) is 9.69 Å². The van der Waals surface area contributed by atoms with Crippen LogP contribution in [0.1, 0.15) is 48.7 Å². The van der Waals surface area contributed by atoms with Crippen LogP contribution in [0.15, 0.2) is 48.5 Å². The molecular formula is C33H45N4O4+. The summed E-state index contributed by atoms with van der Waals surface area (Å²) in [5.41, 5.74) is 7.03. The van der Waals surface area contributed by atoms with Crippen molar-refractivity contribution >= 4 is 16.7 Å². The van der Waals surface area contributed by atoms with E-state index in [2.05, 4.69) is 56.3 Å². The molecule has 2 aliphatic heterocycles. The molecule has 2 N–H and O–H groups in total. The molecule has 1 unspecified atom stereocenters. The zero-order valence-corrected chi connectivity index (χ0v) is 24.8. The number of unbranched alkanes of at least 4 members (excludes halogenated alkanes) is 1. The number of carbonyl (C=O) groups is 1. The predicted molar refractivity (Wildman–Crippen MR) is 162 cm³/mol. The van der Waals surface area contributed by atoms with E-state index < -0.39 is 5.91 Å². The molecule has 2 aliphatic rings. The van der Waals surface area contributed by atoms with E-state index in [9.17, 15) is 4.79 Å². The average Bonchev–Trinajstić information content (AvgIpc) is 2.96. The van der Waals surface area contributed by atoms with Gasteiger partial charge in [-0.2, -0.15) is 0 Å². The van der Waals surface area contributed by atoms with Gasteiger partial charge in [-0.1, -0.05) is 37.6 Å². The molecule has 0 aliphatic carbocycles. The molecule has 0 bridgehead atoms. The number of likely N-dealkylation sites (N-methyl/N-ethyl adjacent to an activating group) is 1. The Morgan fingerprint density at radius 2 is 1.95 bits per heavy atom. The maximum Gasteiger partial charge on any atom is 0.252 e. The lowest BCUT2D eigenvalue weighted by molar-refractivity contribution is -0.893. The molecule has 5 rings (SSSR count). The molecule has 1 atom stereocenters. The molecule has 3 aromatic rings. The summed E-state index contributed by atoms with van der Waals surface area (Å²) in [6.45, 7) is 8.24. The zero-order valence-electron chi connectivity index (χ0n) is 24.8. The molecule has 1 fully saturated rings. The quantitative estimate of drug-likeness (QED) is 0.323. The van der Waals surface area contributed by atoms with E-state index >= 15 is 0 Å². The number of likely N-dealkylation sites (tertiary alicyclic amines) is 1. The maximum atomic E-state index is 11.8. The Balaban J connectivity index is 1.09. The zero-order chi connectivity index (χ0) is 28.8. The van der Waals surface area contributed by atoms with Crippen LogP contribution in [0.25, 0.3) is 10.8 Å². The molecule has 1 aromatic heterocycles. The summed E-state index contributed by atoms with van der Waals surface area (Å²) in [5.74, 6) is 2.00. The van der Waals surface area contributed by atoms with Crippen molar-refractivity contribution in [2.24, 2.45) is 11.7 Å². The normalized spacial score (nSPS) is 18.0. The van der Waals surface area contributed by atoms with Crippen molar-refractivity contribution in [2.45, 2.75) is 45.1 Å². The first-order valence-electron chi connectivity index (χ1n) is 15.1. The number of nitrogens with two attached hydrogens (primary N) is 1. The van der Waals surface area contributed by atoms with Crippen molar-refractivity contribution in [1.29, 1.82) is 0 Å². The molecule has 8 heteroatoms. The summed E-state index contributed by atoms with van der Waals surface area (Å²) in [6.07, 6.45) is 5.48. The second-order valence-electron chi connectivity index (χ2n) is 12.2. The number of piperidine rings is 1. The molecule has 8 nitrogen and oxygen atoms in total. The number of quaternary nitrogens is 1. The Hall–Kier alpha value is -3.36. The molecule has 41 heavy (non-hydrogen) atoms. The van der Waals surface area contributed by atoms with Crippen molar-refractivity contribution in [3.05, 3.63) is 59.8 Å². The minimum absolute atomic E-state index is 0.117. The molecule has 1 amide bonds. The number of nitrogens with zero attached hydrogens (tertiary/aromatic N) is 3. The van der Waals surface area contributed by atoms with Gasteiger partial charge in [0.25, 0.3) is 5.91 Å². The Bertz CT molecular complexity index is 1340. The number of hydrogen-bond acceptors (Lipinski definition) is 6. The fourth-order valence-corrected chi connectivity index (χ4v) is 6.05. The van der Waals surface area contributed by atoms with Crippen molar-refractivity contribution in [1.82, 2.24) is 9.88 Å². The minimum atomic E-state index is -0.497. The van der Waals surface area contributed by atoms with E-state index in [4.69, 9.17) is 24.9 Å². The topological polar surface area (TPSA) is 86.9 Å². The van der Waals surface area contributed by atoms with Gasteiger partial charge in [0.15, 0.2) is 11.5 Å². The van der Waals surface area contributed by atoms with E-state index in [-0.39, 0.29) is 6.10 Å². The number of amides is 1. The third kappa shape index (κ3) is 7.49.